The Hall–Kier alpha value is -2.06. The third-order valence-electron chi connectivity index (χ3n) is 2.97. The molecule has 0 fully saturated rings. The fraction of sp³-hybridized carbons (Fsp3) is 0.333. The van der Waals surface area contributed by atoms with E-state index in [2.05, 4.69) is 15.2 Å². The number of hydrogen-bond donors (Lipinski definition) is 1. The van der Waals surface area contributed by atoms with E-state index in [1.54, 1.807) is 22.9 Å². The Morgan fingerprint density at radius 3 is 2.62 bits per heavy atom. The first kappa shape index (κ1) is 18.3. The van der Waals surface area contributed by atoms with Crippen molar-refractivity contribution in [1.29, 1.82) is 0 Å². The van der Waals surface area contributed by atoms with Crippen molar-refractivity contribution in [3.63, 3.8) is 0 Å². The second kappa shape index (κ2) is 8.16. The Bertz CT molecular complexity index is 671. The fourth-order valence-corrected chi connectivity index (χ4v) is 2.01. The zero-order chi connectivity index (χ0) is 17.6. The molecule has 1 amide bonds. The first-order chi connectivity index (χ1) is 11.3. The van der Waals surface area contributed by atoms with Gasteiger partial charge in [-0.15, -0.1) is 0 Å². The van der Waals surface area contributed by atoms with Crippen LogP contribution in [0.5, 0.6) is 0 Å². The van der Waals surface area contributed by atoms with E-state index in [1.807, 2.05) is 12.1 Å². The zero-order valence-corrected chi connectivity index (χ0v) is 13.3. The van der Waals surface area contributed by atoms with Gasteiger partial charge < -0.3 is 10.1 Å². The highest BCUT2D eigenvalue weighted by atomic mass is 35.5. The van der Waals surface area contributed by atoms with Crippen LogP contribution in [-0.2, 0) is 16.1 Å². The van der Waals surface area contributed by atoms with E-state index < -0.39 is 18.7 Å². The first-order valence-corrected chi connectivity index (χ1v) is 7.42. The normalized spacial score (nSPS) is 11.5. The largest absolute Gasteiger partial charge is 0.411 e. The lowest BCUT2D eigenvalue weighted by Gasteiger charge is -2.10. The number of aromatic nitrogens is 2. The van der Waals surface area contributed by atoms with E-state index in [-0.39, 0.29) is 13.0 Å². The highest BCUT2D eigenvalue weighted by Crippen LogP contribution is 2.15. The minimum Gasteiger partial charge on any atom is -0.372 e. The Morgan fingerprint density at radius 1 is 1.25 bits per heavy atom. The van der Waals surface area contributed by atoms with Crippen LogP contribution in [0.4, 0.5) is 19.0 Å². The number of halogens is 4. The number of anilines is 1. The van der Waals surface area contributed by atoms with Gasteiger partial charge in [-0.05, 0) is 17.7 Å². The third kappa shape index (κ3) is 6.21. The Balaban J connectivity index is 1.84. The van der Waals surface area contributed by atoms with Gasteiger partial charge in [0.2, 0.25) is 5.91 Å². The summed E-state index contributed by atoms with van der Waals surface area (Å²) in [6.45, 7) is -1.25. The number of ether oxygens (including phenoxy) is 1. The first-order valence-electron chi connectivity index (χ1n) is 7.04. The molecule has 1 aromatic carbocycles. The maximum Gasteiger partial charge on any atom is 0.411 e. The molecule has 0 aliphatic rings. The van der Waals surface area contributed by atoms with Crippen LogP contribution >= 0.6 is 11.6 Å². The summed E-state index contributed by atoms with van der Waals surface area (Å²) in [6, 6.07) is 8.76. The molecule has 0 radical (unpaired) electrons. The van der Waals surface area contributed by atoms with E-state index in [0.717, 1.165) is 5.56 Å². The standard InChI is InChI=1S/C15H15ClF3N3O2/c16-12-3-1-11(2-4-12)9-22-13(5-7-20-22)21-14(23)6-8-24-10-15(17,18)19/h1-5,7H,6,8-10H2,(H,21,23). The van der Waals surface area contributed by atoms with Crippen molar-refractivity contribution in [1.82, 2.24) is 9.78 Å². The van der Waals surface area contributed by atoms with Crippen LogP contribution in [0, 0.1) is 0 Å². The number of rotatable bonds is 7. The molecule has 9 heteroatoms. The lowest BCUT2D eigenvalue weighted by Crippen LogP contribution is -2.21. The molecule has 24 heavy (non-hydrogen) atoms. The van der Waals surface area contributed by atoms with Gasteiger partial charge in [0.15, 0.2) is 0 Å². The third-order valence-corrected chi connectivity index (χ3v) is 3.22. The van der Waals surface area contributed by atoms with Crippen LogP contribution in [-0.4, -0.2) is 35.1 Å². The van der Waals surface area contributed by atoms with Gasteiger partial charge in [0.05, 0.1) is 25.8 Å². The second-order valence-corrected chi connectivity index (χ2v) is 5.40. The average Bonchev–Trinajstić information content (AvgIpc) is 2.92. The van der Waals surface area contributed by atoms with Crippen molar-refractivity contribution in [2.45, 2.75) is 19.1 Å². The summed E-state index contributed by atoms with van der Waals surface area (Å²) < 4.78 is 41.7. The molecule has 0 aliphatic heterocycles. The molecule has 0 saturated carbocycles. The summed E-state index contributed by atoms with van der Waals surface area (Å²) in [5.74, 6) is 0.000743. The molecule has 0 aliphatic carbocycles. The molecule has 2 rings (SSSR count). The average molecular weight is 362 g/mol. The summed E-state index contributed by atoms with van der Waals surface area (Å²) in [7, 11) is 0. The molecule has 1 N–H and O–H groups in total. The van der Waals surface area contributed by atoms with Crippen LogP contribution in [0.3, 0.4) is 0 Å². The number of alkyl halides is 3. The molecule has 0 saturated heterocycles. The predicted molar refractivity (Wildman–Crippen MR) is 82.9 cm³/mol. The molecule has 2 aromatic rings. The molecule has 0 spiro atoms. The van der Waals surface area contributed by atoms with Crippen LogP contribution in [0.25, 0.3) is 0 Å². The number of hydrogen-bond acceptors (Lipinski definition) is 3. The number of nitrogens with zero attached hydrogens (tertiary/aromatic N) is 2. The quantitative estimate of drug-likeness (QED) is 0.768. The summed E-state index contributed by atoms with van der Waals surface area (Å²) in [5.41, 5.74) is 0.937. The zero-order valence-electron chi connectivity index (χ0n) is 12.5. The smallest absolute Gasteiger partial charge is 0.372 e. The van der Waals surface area contributed by atoms with Gasteiger partial charge in [-0.25, -0.2) is 4.68 Å². The van der Waals surface area contributed by atoms with Crippen molar-refractivity contribution in [2.24, 2.45) is 0 Å². The molecular weight excluding hydrogens is 347 g/mol. The van der Waals surface area contributed by atoms with Crippen LogP contribution < -0.4 is 5.32 Å². The SMILES string of the molecule is O=C(CCOCC(F)(F)F)Nc1ccnn1Cc1ccc(Cl)cc1. The number of carbonyl (C=O) groups is 1. The topological polar surface area (TPSA) is 56.1 Å². The van der Waals surface area contributed by atoms with Crippen LogP contribution in [0.2, 0.25) is 5.02 Å². The minimum absolute atomic E-state index is 0.178. The van der Waals surface area contributed by atoms with Crippen molar-refractivity contribution in [3.8, 4) is 0 Å². The van der Waals surface area contributed by atoms with Gasteiger partial charge in [-0.2, -0.15) is 18.3 Å². The second-order valence-electron chi connectivity index (χ2n) is 4.97. The van der Waals surface area contributed by atoms with E-state index in [1.165, 1.54) is 6.20 Å². The number of amides is 1. The molecule has 1 heterocycles. The molecule has 0 atom stereocenters. The summed E-state index contributed by atoms with van der Waals surface area (Å²) >= 11 is 5.82. The van der Waals surface area contributed by atoms with E-state index in [0.29, 0.717) is 17.4 Å². The molecule has 1 aromatic heterocycles. The molecule has 0 bridgehead atoms. The van der Waals surface area contributed by atoms with Crippen LogP contribution in [0.15, 0.2) is 36.5 Å². The summed E-state index contributed by atoms with van der Waals surface area (Å²) in [5, 5.41) is 7.32. The monoisotopic (exact) mass is 361 g/mol. The highest BCUT2D eigenvalue weighted by molar-refractivity contribution is 6.30. The van der Waals surface area contributed by atoms with E-state index in [9.17, 15) is 18.0 Å². The van der Waals surface area contributed by atoms with E-state index >= 15 is 0 Å². The van der Waals surface area contributed by atoms with Gasteiger partial charge in [0, 0.05) is 11.1 Å². The Kier molecular flexibility index (Phi) is 6.22. The molecule has 130 valence electrons. The summed E-state index contributed by atoms with van der Waals surface area (Å²) in [6.07, 6.45) is -3.05. The number of nitrogens with one attached hydrogen (secondary N) is 1. The lowest BCUT2D eigenvalue weighted by atomic mass is 10.2. The molecule has 0 unspecified atom stereocenters. The molecule has 5 nitrogen and oxygen atoms in total. The van der Waals surface area contributed by atoms with Crippen molar-refractivity contribution >= 4 is 23.3 Å². The molecular formula is C15H15ClF3N3O2. The maximum atomic E-state index is 11.9. The van der Waals surface area contributed by atoms with Crippen molar-refractivity contribution in [2.75, 3.05) is 18.5 Å². The van der Waals surface area contributed by atoms with Gasteiger partial charge >= 0.3 is 6.18 Å². The summed E-state index contributed by atoms with van der Waals surface area (Å²) in [4.78, 5) is 11.8. The maximum absolute atomic E-state index is 11.9. The fourth-order valence-electron chi connectivity index (χ4n) is 1.89. The van der Waals surface area contributed by atoms with Gasteiger partial charge in [-0.1, -0.05) is 23.7 Å². The van der Waals surface area contributed by atoms with Gasteiger partial charge in [-0.3, -0.25) is 4.79 Å². The lowest BCUT2D eigenvalue weighted by molar-refractivity contribution is -0.174. The van der Waals surface area contributed by atoms with Crippen molar-refractivity contribution in [3.05, 3.63) is 47.1 Å². The minimum atomic E-state index is -4.40. The van der Waals surface area contributed by atoms with Crippen molar-refractivity contribution < 1.29 is 22.7 Å². The Morgan fingerprint density at radius 2 is 1.96 bits per heavy atom. The van der Waals surface area contributed by atoms with E-state index in [4.69, 9.17) is 11.6 Å². The van der Waals surface area contributed by atoms with Crippen LogP contribution in [0.1, 0.15) is 12.0 Å². The number of carbonyl (C=O) groups excluding carboxylic acids is 1. The predicted octanol–water partition coefficient (Wildman–Crippen LogP) is 3.49. The number of benzene rings is 1. The Labute approximate surface area is 141 Å². The van der Waals surface area contributed by atoms with Gasteiger partial charge in [0.1, 0.15) is 12.4 Å². The highest BCUT2D eigenvalue weighted by Gasteiger charge is 2.27. The van der Waals surface area contributed by atoms with Gasteiger partial charge in [0.25, 0.3) is 0 Å².